The summed E-state index contributed by atoms with van der Waals surface area (Å²) in [6, 6.07) is 7.94. The van der Waals surface area contributed by atoms with Gasteiger partial charge in [0, 0.05) is 12.5 Å². The second kappa shape index (κ2) is 8.52. The first kappa shape index (κ1) is 19.4. The van der Waals surface area contributed by atoms with Crippen LogP contribution in [-0.4, -0.2) is 33.3 Å². The number of aromatic nitrogens is 3. The Morgan fingerprint density at radius 2 is 1.96 bits per heavy atom. The van der Waals surface area contributed by atoms with E-state index in [1.807, 2.05) is 45.0 Å². The topological polar surface area (TPSA) is 81.0 Å². The van der Waals surface area contributed by atoms with Crippen molar-refractivity contribution in [2.45, 2.75) is 58.7 Å². The van der Waals surface area contributed by atoms with Gasteiger partial charge in [0.2, 0.25) is 5.91 Å². The summed E-state index contributed by atoms with van der Waals surface area (Å²) in [5.74, 6) is 0.876. The molecule has 2 heterocycles. The van der Waals surface area contributed by atoms with Crippen molar-refractivity contribution in [2.24, 2.45) is 0 Å². The monoisotopic (exact) mass is 371 g/mol. The van der Waals surface area contributed by atoms with E-state index in [1.54, 1.807) is 4.57 Å². The van der Waals surface area contributed by atoms with Gasteiger partial charge in [-0.3, -0.25) is 9.36 Å². The second-order valence-electron chi connectivity index (χ2n) is 7.27. The van der Waals surface area contributed by atoms with Gasteiger partial charge in [0.1, 0.15) is 12.4 Å². The van der Waals surface area contributed by atoms with Crippen molar-refractivity contribution in [3.05, 3.63) is 51.7 Å². The van der Waals surface area contributed by atoms with E-state index < -0.39 is 0 Å². The zero-order valence-corrected chi connectivity index (χ0v) is 16.4. The molecule has 3 rings (SSSR count). The Labute approximate surface area is 159 Å². The summed E-state index contributed by atoms with van der Waals surface area (Å²) in [6.45, 7) is 8.30. The molecule has 7 nitrogen and oxygen atoms in total. The molecule has 1 aliphatic rings. The van der Waals surface area contributed by atoms with Gasteiger partial charge in [-0.25, -0.2) is 9.48 Å². The Morgan fingerprint density at radius 1 is 1.30 bits per heavy atom. The average Bonchev–Trinajstić information content (AvgIpc) is 2.98. The molecule has 1 amide bonds. The highest BCUT2D eigenvalue weighted by Gasteiger charge is 2.24. The molecule has 2 N–H and O–H groups in total. The van der Waals surface area contributed by atoms with Gasteiger partial charge in [-0.2, -0.15) is 5.10 Å². The van der Waals surface area contributed by atoms with E-state index in [0.717, 1.165) is 37.3 Å². The summed E-state index contributed by atoms with van der Waals surface area (Å²) < 4.78 is 3.00. The fraction of sp³-hybridized carbons (Fsp3) is 0.550. The third-order valence-corrected chi connectivity index (χ3v) is 5.22. The van der Waals surface area contributed by atoms with Crippen molar-refractivity contribution in [1.82, 2.24) is 25.0 Å². The van der Waals surface area contributed by atoms with Gasteiger partial charge >= 0.3 is 5.69 Å². The number of amides is 1. The van der Waals surface area contributed by atoms with Crippen LogP contribution < -0.4 is 16.3 Å². The normalized spacial score (nSPS) is 16.3. The maximum atomic E-state index is 12.7. The Bertz CT molecular complexity index is 831. The van der Waals surface area contributed by atoms with Crippen LogP contribution in [0.15, 0.2) is 29.1 Å². The number of hydrogen-bond donors (Lipinski definition) is 2. The lowest BCUT2D eigenvalue weighted by atomic mass is 9.97. The first-order chi connectivity index (χ1) is 13.0. The summed E-state index contributed by atoms with van der Waals surface area (Å²) in [5.41, 5.74) is 2.01. The van der Waals surface area contributed by atoms with Crippen molar-refractivity contribution in [2.75, 3.05) is 13.1 Å². The predicted molar refractivity (Wildman–Crippen MR) is 105 cm³/mol. The zero-order chi connectivity index (χ0) is 19.4. The van der Waals surface area contributed by atoms with Crippen molar-refractivity contribution < 1.29 is 4.79 Å². The molecule has 7 heteroatoms. The lowest BCUT2D eigenvalue weighted by molar-refractivity contribution is -0.122. The number of nitrogens with one attached hydrogen (secondary N) is 2. The average molecular weight is 371 g/mol. The molecule has 0 bridgehead atoms. The number of aryl methyl sites for hydroxylation is 1. The van der Waals surface area contributed by atoms with Crippen molar-refractivity contribution in [1.29, 1.82) is 0 Å². The minimum Gasteiger partial charge on any atom is -0.348 e. The number of piperidine rings is 1. The smallest absolute Gasteiger partial charge is 0.346 e. The molecule has 1 atom stereocenters. The molecular formula is C20H29N5O2. The first-order valence-corrected chi connectivity index (χ1v) is 9.73. The molecule has 27 heavy (non-hydrogen) atoms. The molecule has 146 valence electrons. The maximum absolute atomic E-state index is 12.7. The molecular weight excluding hydrogens is 342 g/mol. The Kier molecular flexibility index (Phi) is 6.11. The van der Waals surface area contributed by atoms with Gasteiger partial charge in [-0.15, -0.1) is 0 Å². The molecule has 1 aliphatic heterocycles. The van der Waals surface area contributed by atoms with E-state index in [-0.39, 0.29) is 30.1 Å². The van der Waals surface area contributed by atoms with Gasteiger partial charge in [-0.05, 0) is 52.3 Å². The minimum absolute atomic E-state index is 0.0556. The highest BCUT2D eigenvalue weighted by atomic mass is 16.2. The number of nitrogens with zero attached hydrogens (tertiary/aromatic N) is 3. The molecule has 2 aromatic rings. The highest BCUT2D eigenvalue weighted by Crippen LogP contribution is 2.22. The Balaban J connectivity index is 1.71. The molecule has 1 fully saturated rings. The summed E-state index contributed by atoms with van der Waals surface area (Å²) in [7, 11) is 0. The Hall–Kier alpha value is -2.41. The highest BCUT2D eigenvalue weighted by molar-refractivity contribution is 5.76. The van der Waals surface area contributed by atoms with Gasteiger partial charge in [0.05, 0.1) is 6.04 Å². The van der Waals surface area contributed by atoms with Crippen LogP contribution in [-0.2, 0) is 17.9 Å². The molecule has 0 spiro atoms. The van der Waals surface area contributed by atoms with Gasteiger partial charge in [0.25, 0.3) is 0 Å². The summed E-state index contributed by atoms with van der Waals surface area (Å²) in [6.07, 6.45) is 1.93. The van der Waals surface area contributed by atoms with E-state index >= 15 is 0 Å². The van der Waals surface area contributed by atoms with Crippen LogP contribution in [0.5, 0.6) is 0 Å². The van der Waals surface area contributed by atoms with Crippen LogP contribution in [0.1, 0.15) is 55.6 Å². The molecule has 1 aromatic heterocycles. The summed E-state index contributed by atoms with van der Waals surface area (Å²) in [5, 5.41) is 10.8. The van der Waals surface area contributed by atoms with Crippen molar-refractivity contribution >= 4 is 5.91 Å². The van der Waals surface area contributed by atoms with Crippen LogP contribution >= 0.6 is 0 Å². The van der Waals surface area contributed by atoms with E-state index in [9.17, 15) is 9.59 Å². The van der Waals surface area contributed by atoms with Crippen molar-refractivity contribution in [3.8, 4) is 0 Å². The fourth-order valence-corrected chi connectivity index (χ4v) is 3.60. The number of carbonyl (C=O) groups excluding carboxylic acids is 1. The number of benzene rings is 1. The molecule has 0 radical (unpaired) electrons. The van der Waals surface area contributed by atoms with Crippen LogP contribution in [0.2, 0.25) is 0 Å². The fourth-order valence-electron chi connectivity index (χ4n) is 3.60. The molecule has 0 saturated carbocycles. The van der Waals surface area contributed by atoms with Gasteiger partial charge < -0.3 is 10.6 Å². The number of hydrogen-bond acceptors (Lipinski definition) is 4. The SMILES string of the molecule is CCn1c(C2CCNCC2)nn(CC(=O)N[C@H](C)c2ccc(C)cc2)c1=O. The third-order valence-electron chi connectivity index (χ3n) is 5.22. The van der Waals surface area contributed by atoms with Crippen molar-refractivity contribution in [3.63, 3.8) is 0 Å². The van der Waals surface area contributed by atoms with Crippen LogP contribution in [0.3, 0.4) is 0 Å². The number of rotatable bonds is 6. The number of carbonyl (C=O) groups is 1. The van der Waals surface area contributed by atoms with Crippen LogP contribution in [0.4, 0.5) is 0 Å². The van der Waals surface area contributed by atoms with Crippen LogP contribution in [0.25, 0.3) is 0 Å². The lowest BCUT2D eigenvalue weighted by Gasteiger charge is -2.21. The minimum atomic E-state index is -0.206. The largest absolute Gasteiger partial charge is 0.348 e. The standard InChI is InChI=1S/C20H29N5O2/c1-4-24-19(17-9-11-21-12-10-17)23-25(20(24)27)13-18(26)22-15(3)16-7-5-14(2)6-8-16/h5-8,15,17,21H,4,9-13H2,1-3H3,(H,22,26)/t15-/m1/s1. The van der Waals surface area contributed by atoms with Crippen LogP contribution in [0, 0.1) is 6.92 Å². The molecule has 0 aliphatic carbocycles. The molecule has 1 aromatic carbocycles. The molecule has 0 unspecified atom stereocenters. The first-order valence-electron chi connectivity index (χ1n) is 9.73. The lowest BCUT2D eigenvalue weighted by Crippen LogP contribution is -2.35. The predicted octanol–water partition coefficient (Wildman–Crippen LogP) is 1.72. The quantitative estimate of drug-likeness (QED) is 0.810. The molecule has 1 saturated heterocycles. The van der Waals surface area contributed by atoms with E-state index in [2.05, 4.69) is 15.7 Å². The van der Waals surface area contributed by atoms with Gasteiger partial charge in [0.15, 0.2) is 0 Å². The summed E-state index contributed by atoms with van der Waals surface area (Å²) in [4.78, 5) is 25.1. The summed E-state index contributed by atoms with van der Waals surface area (Å²) >= 11 is 0. The second-order valence-corrected chi connectivity index (χ2v) is 7.27. The van der Waals surface area contributed by atoms with E-state index in [4.69, 9.17) is 0 Å². The van der Waals surface area contributed by atoms with E-state index in [1.165, 1.54) is 10.2 Å². The zero-order valence-electron chi connectivity index (χ0n) is 16.4. The van der Waals surface area contributed by atoms with Gasteiger partial charge in [-0.1, -0.05) is 29.8 Å². The Morgan fingerprint density at radius 3 is 2.59 bits per heavy atom. The third kappa shape index (κ3) is 4.47. The maximum Gasteiger partial charge on any atom is 0.346 e. The van der Waals surface area contributed by atoms with E-state index in [0.29, 0.717) is 6.54 Å².